The molecule has 0 aliphatic rings. The van der Waals surface area contributed by atoms with E-state index in [-0.39, 0.29) is 19.0 Å². The molecule has 0 aliphatic heterocycles. The number of aromatic nitrogens is 3. The highest BCUT2D eigenvalue weighted by molar-refractivity contribution is 5.92. The van der Waals surface area contributed by atoms with E-state index in [9.17, 15) is 22.8 Å². The van der Waals surface area contributed by atoms with Crippen molar-refractivity contribution in [1.29, 1.82) is 0 Å². The van der Waals surface area contributed by atoms with Gasteiger partial charge in [0.2, 0.25) is 5.91 Å². The molecule has 2 heterocycles. The summed E-state index contributed by atoms with van der Waals surface area (Å²) in [5.41, 5.74) is 2.38. The zero-order valence-electron chi connectivity index (χ0n) is 14.9. The van der Waals surface area contributed by atoms with Gasteiger partial charge in [0, 0.05) is 31.9 Å². The number of hydrogen-bond donors (Lipinski definition) is 2. The van der Waals surface area contributed by atoms with Gasteiger partial charge in [-0.15, -0.1) is 0 Å². The number of amides is 2. The van der Waals surface area contributed by atoms with E-state index in [1.165, 1.54) is 6.20 Å². The molecule has 0 atom stereocenters. The van der Waals surface area contributed by atoms with Crippen molar-refractivity contribution >= 4 is 11.8 Å². The lowest BCUT2D eigenvalue weighted by atomic mass is 10.2. The molecule has 0 spiro atoms. The first-order valence-electron chi connectivity index (χ1n) is 8.20. The zero-order chi connectivity index (χ0) is 20.0. The minimum atomic E-state index is -4.36. The highest BCUT2D eigenvalue weighted by atomic mass is 19.4. The second kappa shape index (κ2) is 8.65. The van der Waals surface area contributed by atoms with Crippen LogP contribution in [-0.2, 0) is 24.9 Å². The summed E-state index contributed by atoms with van der Waals surface area (Å²) >= 11 is 0. The Morgan fingerprint density at radius 3 is 2.56 bits per heavy atom. The van der Waals surface area contributed by atoms with Crippen LogP contribution < -0.4 is 10.6 Å². The Morgan fingerprint density at radius 2 is 1.93 bits per heavy atom. The van der Waals surface area contributed by atoms with Crippen LogP contribution in [0.3, 0.4) is 0 Å². The molecule has 7 nitrogen and oxygen atoms in total. The first-order chi connectivity index (χ1) is 12.6. The summed E-state index contributed by atoms with van der Waals surface area (Å²) in [5.74, 6) is -1.02. The largest absolute Gasteiger partial charge is 0.389 e. The summed E-state index contributed by atoms with van der Waals surface area (Å²) in [6.45, 7) is 2.08. The predicted octanol–water partition coefficient (Wildman–Crippen LogP) is 2.01. The standard InChI is InChI=1S/C17H20F3N5O2/c1-11-7-14(24-25(11)2)16(27)23-9-12-4-6-21-13(8-12)10-22-15(26)3-5-17(18,19)20/h4,6-8H,3,5,9-10H2,1-2H3,(H,22,26)(H,23,27). The second-order valence-corrected chi connectivity index (χ2v) is 6.02. The van der Waals surface area contributed by atoms with Crippen LogP contribution in [0.1, 0.15) is 40.3 Å². The van der Waals surface area contributed by atoms with Crippen molar-refractivity contribution in [3.63, 3.8) is 0 Å². The highest BCUT2D eigenvalue weighted by Crippen LogP contribution is 2.21. The number of rotatable bonds is 7. The van der Waals surface area contributed by atoms with Crippen LogP contribution in [-0.4, -0.2) is 32.8 Å². The van der Waals surface area contributed by atoms with E-state index in [0.717, 1.165) is 11.3 Å². The number of nitrogens with zero attached hydrogens (tertiary/aromatic N) is 3. The number of carbonyl (C=O) groups is 2. The molecule has 0 saturated carbocycles. The van der Waals surface area contributed by atoms with Gasteiger partial charge < -0.3 is 10.6 Å². The molecule has 2 aromatic rings. The van der Waals surface area contributed by atoms with Crippen LogP contribution in [0.15, 0.2) is 24.4 Å². The first kappa shape index (κ1) is 20.4. The third-order valence-electron chi connectivity index (χ3n) is 3.78. The van der Waals surface area contributed by atoms with E-state index in [4.69, 9.17) is 0 Å². The van der Waals surface area contributed by atoms with Crippen molar-refractivity contribution < 1.29 is 22.8 Å². The van der Waals surface area contributed by atoms with Crippen LogP contribution in [0.25, 0.3) is 0 Å². The Labute approximate surface area is 154 Å². The van der Waals surface area contributed by atoms with Gasteiger partial charge in [-0.1, -0.05) is 0 Å². The topological polar surface area (TPSA) is 88.9 Å². The molecule has 2 aromatic heterocycles. The molecule has 2 amide bonds. The molecular formula is C17H20F3N5O2. The van der Waals surface area contributed by atoms with Crippen molar-refractivity contribution in [3.8, 4) is 0 Å². The Bertz CT molecular complexity index is 798. The smallest absolute Gasteiger partial charge is 0.350 e. The monoisotopic (exact) mass is 383 g/mol. The highest BCUT2D eigenvalue weighted by Gasteiger charge is 2.27. The molecule has 0 aromatic carbocycles. The fraction of sp³-hybridized carbons (Fsp3) is 0.412. The van der Waals surface area contributed by atoms with Crippen molar-refractivity contribution in [2.75, 3.05) is 0 Å². The number of aryl methyl sites for hydroxylation is 2. The van der Waals surface area contributed by atoms with Crippen LogP contribution in [0, 0.1) is 6.92 Å². The molecule has 0 fully saturated rings. The number of carbonyl (C=O) groups excluding carboxylic acids is 2. The fourth-order valence-electron chi connectivity index (χ4n) is 2.21. The Balaban J connectivity index is 1.84. The van der Waals surface area contributed by atoms with Crippen LogP contribution in [0.4, 0.5) is 13.2 Å². The van der Waals surface area contributed by atoms with Gasteiger partial charge in [-0.25, -0.2) is 0 Å². The molecule has 2 rings (SSSR count). The average Bonchev–Trinajstić information content (AvgIpc) is 2.95. The van der Waals surface area contributed by atoms with E-state index in [0.29, 0.717) is 11.4 Å². The lowest BCUT2D eigenvalue weighted by Crippen LogP contribution is -2.25. The summed E-state index contributed by atoms with van der Waals surface area (Å²) in [7, 11) is 1.74. The fourth-order valence-corrected chi connectivity index (χ4v) is 2.21. The SMILES string of the molecule is Cc1cc(C(=O)NCc2ccnc(CNC(=O)CCC(F)(F)F)c2)nn1C. The second-order valence-electron chi connectivity index (χ2n) is 6.02. The van der Waals surface area contributed by atoms with E-state index in [1.807, 2.05) is 6.92 Å². The van der Waals surface area contributed by atoms with Gasteiger partial charge in [0.25, 0.3) is 5.91 Å². The van der Waals surface area contributed by atoms with Crippen LogP contribution >= 0.6 is 0 Å². The molecule has 27 heavy (non-hydrogen) atoms. The van der Waals surface area contributed by atoms with E-state index >= 15 is 0 Å². The summed E-state index contributed by atoms with van der Waals surface area (Å²) in [6, 6.07) is 5.02. The number of halogens is 3. The minimum Gasteiger partial charge on any atom is -0.350 e. The maximum Gasteiger partial charge on any atom is 0.389 e. The Hall–Kier alpha value is -2.91. The van der Waals surface area contributed by atoms with Crippen molar-refractivity contribution in [2.24, 2.45) is 7.05 Å². The molecule has 0 radical (unpaired) electrons. The normalized spacial score (nSPS) is 11.3. The Morgan fingerprint density at radius 1 is 1.19 bits per heavy atom. The molecule has 0 unspecified atom stereocenters. The molecule has 0 aliphatic carbocycles. The van der Waals surface area contributed by atoms with Gasteiger partial charge in [0.1, 0.15) is 5.69 Å². The Kier molecular flexibility index (Phi) is 6.54. The summed E-state index contributed by atoms with van der Waals surface area (Å²) in [6.07, 6.45) is -4.64. The minimum absolute atomic E-state index is 0.0118. The lowest BCUT2D eigenvalue weighted by Gasteiger charge is -2.08. The average molecular weight is 383 g/mol. The lowest BCUT2D eigenvalue weighted by molar-refractivity contribution is -0.144. The maximum absolute atomic E-state index is 12.1. The molecular weight excluding hydrogens is 363 g/mol. The van der Waals surface area contributed by atoms with Gasteiger partial charge >= 0.3 is 6.18 Å². The first-order valence-corrected chi connectivity index (χ1v) is 8.20. The van der Waals surface area contributed by atoms with Crippen LogP contribution in [0.2, 0.25) is 0 Å². The van der Waals surface area contributed by atoms with Gasteiger partial charge in [0.15, 0.2) is 0 Å². The molecule has 2 N–H and O–H groups in total. The molecule has 0 saturated heterocycles. The van der Waals surface area contributed by atoms with Crippen molar-refractivity contribution in [3.05, 3.63) is 47.0 Å². The quantitative estimate of drug-likeness (QED) is 0.766. The van der Waals surface area contributed by atoms with Gasteiger partial charge in [-0.05, 0) is 30.7 Å². The molecule has 0 bridgehead atoms. The van der Waals surface area contributed by atoms with Crippen LogP contribution in [0.5, 0.6) is 0 Å². The number of hydrogen-bond acceptors (Lipinski definition) is 4. The zero-order valence-corrected chi connectivity index (χ0v) is 14.9. The van der Waals surface area contributed by atoms with E-state index in [1.54, 1.807) is 29.9 Å². The summed E-state index contributed by atoms with van der Waals surface area (Å²) in [4.78, 5) is 27.6. The summed E-state index contributed by atoms with van der Waals surface area (Å²) < 4.78 is 37.9. The molecule has 10 heteroatoms. The third kappa shape index (κ3) is 6.72. The van der Waals surface area contributed by atoms with Gasteiger partial charge in [-0.2, -0.15) is 18.3 Å². The third-order valence-corrected chi connectivity index (χ3v) is 3.78. The van der Waals surface area contributed by atoms with Gasteiger partial charge in [-0.3, -0.25) is 19.3 Å². The maximum atomic E-state index is 12.1. The number of pyridine rings is 1. The van der Waals surface area contributed by atoms with Crippen molar-refractivity contribution in [2.45, 2.75) is 39.0 Å². The van der Waals surface area contributed by atoms with E-state index in [2.05, 4.69) is 20.7 Å². The van der Waals surface area contributed by atoms with Crippen molar-refractivity contribution in [1.82, 2.24) is 25.4 Å². The molecule has 146 valence electrons. The predicted molar refractivity (Wildman–Crippen MR) is 90.5 cm³/mol. The number of alkyl halides is 3. The van der Waals surface area contributed by atoms with E-state index < -0.39 is 24.9 Å². The summed E-state index contributed by atoms with van der Waals surface area (Å²) in [5, 5.41) is 9.22. The number of nitrogens with one attached hydrogen (secondary N) is 2. The van der Waals surface area contributed by atoms with Gasteiger partial charge in [0.05, 0.1) is 18.7 Å².